The van der Waals surface area contributed by atoms with Crippen molar-refractivity contribution < 1.29 is 4.79 Å². The summed E-state index contributed by atoms with van der Waals surface area (Å²) in [4.78, 5) is 21.0. The van der Waals surface area contributed by atoms with Gasteiger partial charge in [-0.2, -0.15) is 0 Å². The summed E-state index contributed by atoms with van der Waals surface area (Å²) in [6.07, 6.45) is 3.81. The molecule has 0 bridgehead atoms. The lowest BCUT2D eigenvalue weighted by molar-refractivity contribution is -0.121. The molecule has 2 atom stereocenters. The van der Waals surface area contributed by atoms with E-state index in [-0.39, 0.29) is 23.0 Å². The predicted molar refractivity (Wildman–Crippen MR) is 83.1 cm³/mol. The number of hydrogen-bond donors (Lipinski definition) is 2. The maximum atomic E-state index is 12.3. The van der Waals surface area contributed by atoms with Crippen molar-refractivity contribution >= 4 is 34.4 Å². The molecular formula is C15H17ClN4O. The average Bonchev–Trinajstić information content (AvgIpc) is 2.48. The highest BCUT2D eigenvalue weighted by atomic mass is 35.5. The number of hydrogen-bond acceptors (Lipinski definition) is 4. The summed E-state index contributed by atoms with van der Waals surface area (Å²) >= 11 is 6.10. The average molecular weight is 305 g/mol. The summed E-state index contributed by atoms with van der Waals surface area (Å²) in [5.74, 6) is 0.00917. The lowest BCUT2D eigenvalue weighted by atomic mass is 9.84. The molecule has 21 heavy (non-hydrogen) atoms. The summed E-state index contributed by atoms with van der Waals surface area (Å²) in [7, 11) is 0. The van der Waals surface area contributed by atoms with Crippen LogP contribution in [0.3, 0.4) is 0 Å². The minimum absolute atomic E-state index is 0.0917. The molecule has 1 aliphatic carbocycles. The number of para-hydroxylation sites is 2. The number of amides is 1. The zero-order valence-electron chi connectivity index (χ0n) is 11.6. The van der Waals surface area contributed by atoms with Gasteiger partial charge in [0.2, 0.25) is 5.91 Å². The number of nitrogens with one attached hydrogen (secondary N) is 1. The topological polar surface area (TPSA) is 80.9 Å². The maximum absolute atomic E-state index is 12.3. The second-order valence-electron chi connectivity index (χ2n) is 5.40. The van der Waals surface area contributed by atoms with E-state index in [9.17, 15) is 4.79 Å². The van der Waals surface area contributed by atoms with Gasteiger partial charge in [-0.05, 0) is 25.0 Å². The van der Waals surface area contributed by atoms with E-state index in [2.05, 4.69) is 15.3 Å². The van der Waals surface area contributed by atoms with Crippen LogP contribution < -0.4 is 11.1 Å². The van der Waals surface area contributed by atoms with Crippen molar-refractivity contribution in [3.8, 4) is 0 Å². The van der Waals surface area contributed by atoms with E-state index in [4.69, 9.17) is 17.3 Å². The molecule has 3 N–H and O–H groups in total. The molecule has 1 aromatic carbocycles. The molecule has 1 saturated carbocycles. The number of benzene rings is 1. The van der Waals surface area contributed by atoms with E-state index < -0.39 is 0 Å². The highest BCUT2D eigenvalue weighted by molar-refractivity contribution is 6.32. The SMILES string of the molecule is NC1CCCCC1C(=O)Nc1nc2ccccc2nc1Cl. The molecule has 0 radical (unpaired) electrons. The second-order valence-corrected chi connectivity index (χ2v) is 5.75. The molecule has 0 spiro atoms. The third-order valence-electron chi connectivity index (χ3n) is 3.93. The van der Waals surface area contributed by atoms with Crippen LogP contribution in [0.15, 0.2) is 24.3 Å². The van der Waals surface area contributed by atoms with Crippen LogP contribution in [0.25, 0.3) is 11.0 Å². The number of nitrogens with two attached hydrogens (primary N) is 1. The summed E-state index contributed by atoms with van der Waals surface area (Å²) in [6.45, 7) is 0. The molecule has 0 aliphatic heterocycles. The first-order valence-corrected chi connectivity index (χ1v) is 7.51. The van der Waals surface area contributed by atoms with Crippen molar-refractivity contribution in [3.05, 3.63) is 29.4 Å². The number of anilines is 1. The molecule has 0 saturated heterocycles. The maximum Gasteiger partial charge on any atom is 0.230 e. The van der Waals surface area contributed by atoms with Crippen LogP contribution in [-0.2, 0) is 4.79 Å². The van der Waals surface area contributed by atoms with Gasteiger partial charge in [-0.15, -0.1) is 0 Å². The first kappa shape index (κ1) is 14.2. The van der Waals surface area contributed by atoms with E-state index in [1.54, 1.807) is 0 Å². The smallest absolute Gasteiger partial charge is 0.230 e. The van der Waals surface area contributed by atoms with E-state index in [1.165, 1.54) is 0 Å². The molecule has 1 amide bonds. The van der Waals surface area contributed by atoms with Crippen LogP contribution in [0.2, 0.25) is 5.15 Å². The Morgan fingerprint density at radius 1 is 1.19 bits per heavy atom. The Morgan fingerprint density at radius 3 is 2.57 bits per heavy atom. The van der Waals surface area contributed by atoms with Crippen LogP contribution in [0.4, 0.5) is 5.82 Å². The minimum atomic E-state index is -0.178. The Balaban J connectivity index is 1.83. The van der Waals surface area contributed by atoms with Gasteiger partial charge in [0, 0.05) is 6.04 Å². The Morgan fingerprint density at radius 2 is 1.86 bits per heavy atom. The van der Waals surface area contributed by atoms with Gasteiger partial charge in [0.15, 0.2) is 11.0 Å². The van der Waals surface area contributed by atoms with Gasteiger partial charge in [0.05, 0.1) is 17.0 Å². The largest absolute Gasteiger partial charge is 0.327 e. The molecule has 2 aromatic rings. The molecule has 2 unspecified atom stereocenters. The Hall–Kier alpha value is -1.72. The lowest BCUT2D eigenvalue weighted by Gasteiger charge is -2.27. The number of fused-ring (bicyclic) bond motifs is 1. The second kappa shape index (κ2) is 5.95. The summed E-state index contributed by atoms with van der Waals surface area (Å²) in [5.41, 5.74) is 7.44. The standard InChI is InChI=1S/C15H17ClN4O/c16-13-14(19-12-8-4-3-7-11(12)18-13)20-15(21)9-5-1-2-6-10(9)17/h3-4,7-10H,1-2,5-6,17H2,(H,19,20,21). The van der Waals surface area contributed by atoms with Gasteiger partial charge in [-0.25, -0.2) is 9.97 Å². The van der Waals surface area contributed by atoms with Gasteiger partial charge in [0.1, 0.15) is 0 Å². The Kier molecular flexibility index (Phi) is 4.03. The molecule has 5 nitrogen and oxygen atoms in total. The summed E-state index contributed by atoms with van der Waals surface area (Å²) in [5, 5.41) is 2.98. The van der Waals surface area contributed by atoms with Gasteiger partial charge in [-0.3, -0.25) is 4.79 Å². The van der Waals surface area contributed by atoms with Crippen molar-refractivity contribution in [2.75, 3.05) is 5.32 Å². The number of aromatic nitrogens is 2. The van der Waals surface area contributed by atoms with Gasteiger partial charge in [0.25, 0.3) is 0 Å². The molecule has 1 aliphatic rings. The minimum Gasteiger partial charge on any atom is -0.327 e. The number of carbonyl (C=O) groups is 1. The monoisotopic (exact) mass is 304 g/mol. The molecule has 6 heteroatoms. The van der Waals surface area contributed by atoms with Crippen LogP contribution in [0.5, 0.6) is 0 Å². The van der Waals surface area contributed by atoms with E-state index in [1.807, 2.05) is 24.3 Å². The van der Waals surface area contributed by atoms with Crippen molar-refractivity contribution in [2.45, 2.75) is 31.7 Å². The molecule has 1 heterocycles. The molecule has 1 fully saturated rings. The van der Waals surface area contributed by atoms with Crippen LogP contribution in [0.1, 0.15) is 25.7 Å². The zero-order chi connectivity index (χ0) is 14.8. The number of rotatable bonds is 2. The predicted octanol–water partition coefficient (Wildman–Crippen LogP) is 2.74. The Labute approximate surface area is 127 Å². The first-order valence-electron chi connectivity index (χ1n) is 7.14. The van der Waals surface area contributed by atoms with Gasteiger partial charge in [-0.1, -0.05) is 36.6 Å². The number of carbonyl (C=O) groups excluding carboxylic acids is 1. The summed E-state index contributed by atoms with van der Waals surface area (Å²) in [6, 6.07) is 7.31. The fourth-order valence-corrected chi connectivity index (χ4v) is 2.93. The van der Waals surface area contributed by atoms with Crippen LogP contribution in [0, 0.1) is 5.92 Å². The van der Waals surface area contributed by atoms with Crippen LogP contribution in [-0.4, -0.2) is 21.9 Å². The number of halogens is 1. The molecule has 3 rings (SSSR count). The molecule has 1 aromatic heterocycles. The molecular weight excluding hydrogens is 288 g/mol. The van der Waals surface area contributed by atoms with Crippen LogP contribution >= 0.6 is 11.6 Å². The van der Waals surface area contributed by atoms with Gasteiger partial charge >= 0.3 is 0 Å². The third-order valence-corrected chi connectivity index (χ3v) is 4.19. The van der Waals surface area contributed by atoms with Gasteiger partial charge < -0.3 is 11.1 Å². The fraction of sp³-hybridized carbons (Fsp3) is 0.400. The fourth-order valence-electron chi connectivity index (χ4n) is 2.75. The normalized spacial score (nSPS) is 22.2. The highest BCUT2D eigenvalue weighted by Gasteiger charge is 2.29. The van der Waals surface area contributed by atoms with E-state index >= 15 is 0 Å². The zero-order valence-corrected chi connectivity index (χ0v) is 12.3. The first-order chi connectivity index (χ1) is 10.1. The quantitative estimate of drug-likeness (QED) is 0.894. The number of nitrogens with zero attached hydrogens (tertiary/aromatic N) is 2. The van der Waals surface area contributed by atoms with E-state index in [0.29, 0.717) is 16.9 Å². The lowest BCUT2D eigenvalue weighted by Crippen LogP contribution is -2.40. The van der Waals surface area contributed by atoms with Crippen molar-refractivity contribution in [1.82, 2.24) is 9.97 Å². The third kappa shape index (κ3) is 2.99. The van der Waals surface area contributed by atoms with Crippen molar-refractivity contribution in [1.29, 1.82) is 0 Å². The Bertz CT molecular complexity index is 676. The molecule has 110 valence electrons. The van der Waals surface area contributed by atoms with Crippen molar-refractivity contribution in [2.24, 2.45) is 11.7 Å². The van der Waals surface area contributed by atoms with Crippen molar-refractivity contribution in [3.63, 3.8) is 0 Å². The summed E-state index contributed by atoms with van der Waals surface area (Å²) < 4.78 is 0. The highest BCUT2D eigenvalue weighted by Crippen LogP contribution is 2.26. The van der Waals surface area contributed by atoms with E-state index in [0.717, 1.165) is 25.7 Å².